The average Bonchev–Trinajstić information content (AvgIpc) is 4.41. The van der Waals surface area contributed by atoms with E-state index in [1.807, 2.05) is 96.3 Å². The van der Waals surface area contributed by atoms with Crippen molar-refractivity contribution in [2.75, 3.05) is 79.3 Å². The Bertz CT molecular complexity index is 3360. The van der Waals surface area contributed by atoms with E-state index in [9.17, 15) is 0 Å². The minimum atomic E-state index is 0. The van der Waals surface area contributed by atoms with Crippen LogP contribution in [0.25, 0.3) is 90.9 Å². The number of aryl methyl sites for hydroxylation is 2. The summed E-state index contributed by atoms with van der Waals surface area (Å²) in [5, 5.41) is 0. The van der Waals surface area contributed by atoms with Crippen molar-refractivity contribution in [1.29, 1.82) is 0 Å². The lowest BCUT2D eigenvalue weighted by molar-refractivity contribution is -0.671. The molecule has 12 bridgehead atoms. The predicted molar refractivity (Wildman–Crippen MR) is 295 cm³/mol. The predicted octanol–water partition coefficient (Wildman–Crippen LogP) is 4.28. The number of nitrogens with one attached hydrogen (secondary N) is 2. The van der Waals surface area contributed by atoms with Crippen LogP contribution in [0.1, 0.15) is 22.8 Å². The van der Waals surface area contributed by atoms with Gasteiger partial charge in [0.1, 0.15) is 63.5 Å². The van der Waals surface area contributed by atoms with Crippen molar-refractivity contribution in [3.8, 4) is 67.5 Å². The average molecular weight is 1090 g/mol. The van der Waals surface area contributed by atoms with Gasteiger partial charge in [-0.25, -0.2) is 19.1 Å². The zero-order chi connectivity index (χ0) is 51.5. The first-order chi connectivity index (χ1) is 37.5. The number of ether oxygens (including phenoxy) is 8. The summed E-state index contributed by atoms with van der Waals surface area (Å²) in [6.07, 6.45) is 16.6. The number of aromatic amines is 2. The zero-order valence-corrected chi connectivity index (χ0v) is 45.0. The summed E-state index contributed by atoms with van der Waals surface area (Å²) in [4.78, 5) is 18.8. The molecule has 6 aliphatic heterocycles. The molecular weight excluding hydrogens is 1030 g/mol. The Hall–Kier alpha value is -7.82. The summed E-state index contributed by atoms with van der Waals surface area (Å²) in [5.74, 6) is 2.87. The molecule has 0 spiro atoms. The number of hydrogen-bond acceptors (Lipinski definition) is 10. The third-order valence-corrected chi connectivity index (χ3v) is 13.1. The first-order valence-corrected chi connectivity index (χ1v) is 25.7. The molecular formula is C62H60Cl2N6O8. The van der Waals surface area contributed by atoms with E-state index in [-0.39, 0.29) is 24.8 Å². The number of rotatable bonds is 2. The standard InChI is InChI=1S/C62H59N6O8.2ClH/c1-67-27-23-43(24-28-67)59-49-15-19-53(63-49)61-47-7-3-5-9-57(47)75-41-37-71-33-31-69-35-39-73-45-11-13-46(14-12-45)74-40-36-70-32-34-72-38-42-76-58-10-6-4-8-48(58)62(54-20-16-50(59)64-54)56-22-18-52(66-56)60(51-17-21-55(61)65-51)44-25-29-68(2)30-26-44;;/h3-30H,31-42H2,1-2H3,(H,63,64,65,66);2*1H/q+1;;/p-1. The van der Waals surface area contributed by atoms with Crippen molar-refractivity contribution in [2.45, 2.75) is 0 Å². The zero-order valence-electron chi connectivity index (χ0n) is 43.5. The third-order valence-electron chi connectivity index (χ3n) is 13.1. The van der Waals surface area contributed by atoms with E-state index in [1.54, 1.807) is 0 Å². The molecule has 0 amide bonds. The minimum absolute atomic E-state index is 0. The second-order valence-electron chi connectivity index (χ2n) is 18.3. The van der Waals surface area contributed by atoms with E-state index in [2.05, 4.69) is 107 Å². The van der Waals surface area contributed by atoms with Crippen molar-refractivity contribution in [3.05, 3.63) is 169 Å². The maximum absolute atomic E-state index is 6.57. The molecule has 14 nitrogen and oxygen atoms in total. The Balaban J connectivity index is 0.00000370. The van der Waals surface area contributed by atoms with Crippen LogP contribution in [-0.2, 0) is 33.0 Å². The largest absolute Gasteiger partial charge is 1.00 e. The van der Waals surface area contributed by atoms with Gasteiger partial charge in [0.05, 0.1) is 75.6 Å². The lowest BCUT2D eigenvalue weighted by Crippen LogP contribution is -3.00. The minimum Gasteiger partial charge on any atom is -1.00 e. The van der Waals surface area contributed by atoms with Gasteiger partial charge < -0.3 is 72.7 Å². The number of para-hydroxylation sites is 2. The molecule has 0 fully saturated rings. The van der Waals surface area contributed by atoms with Crippen molar-refractivity contribution in [2.24, 2.45) is 14.1 Å². The van der Waals surface area contributed by atoms with Crippen LogP contribution in [0.2, 0.25) is 0 Å². The normalized spacial score (nSPS) is 14.6. The van der Waals surface area contributed by atoms with Crippen LogP contribution < -0.4 is 52.9 Å². The molecule has 400 valence electrons. The Morgan fingerprint density at radius 1 is 0.346 bits per heavy atom. The number of nitrogens with zero attached hydrogens (tertiary/aromatic N) is 4. The molecule has 3 aromatic carbocycles. The second kappa shape index (κ2) is 26.5. The molecule has 8 aromatic rings. The fraction of sp³-hybridized carbons (Fsp3) is 0.226. The van der Waals surface area contributed by atoms with Gasteiger partial charge in [0, 0.05) is 79.7 Å². The number of pyridine rings is 2. The molecule has 0 saturated carbocycles. The van der Waals surface area contributed by atoms with E-state index in [0.717, 1.165) is 101 Å². The Kier molecular flexibility index (Phi) is 18.7. The molecule has 0 saturated heterocycles. The van der Waals surface area contributed by atoms with Crippen LogP contribution in [0.3, 0.4) is 0 Å². The molecule has 6 aliphatic rings. The summed E-state index contributed by atoms with van der Waals surface area (Å²) >= 11 is 0. The lowest BCUT2D eigenvalue weighted by Gasteiger charge is -2.13. The topological polar surface area (TPSA) is 139 Å². The molecule has 0 atom stereocenters. The van der Waals surface area contributed by atoms with Crippen LogP contribution in [0.5, 0.6) is 23.0 Å². The van der Waals surface area contributed by atoms with E-state index in [1.165, 1.54) is 0 Å². The van der Waals surface area contributed by atoms with E-state index in [0.29, 0.717) is 90.8 Å². The molecule has 5 aromatic heterocycles. The molecule has 78 heavy (non-hydrogen) atoms. The van der Waals surface area contributed by atoms with Gasteiger partial charge in [0.2, 0.25) is 0 Å². The SMILES string of the molecule is C[n+]1ccc(-c2c3nc(c4c5ccc([nH]5)c(-c5cc[n+](C)cc5)c5ccc([nH]5)c(c5nc2C=C5)-c2ccccc2OCCOCCOCCOc2ccc(cc2)OCCOCCOCCOc2ccccc2-4)C=C3)cc1.[Cl-].[Cl-]. The summed E-state index contributed by atoms with van der Waals surface area (Å²) < 4.78 is 52.6. The van der Waals surface area contributed by atoms with Crippen LogP contribution >= 0.6 is 0 Å². The van der Waals surface area contributed by atoms with Crippen LogP contribution in [-0.4, -0.2) is 99.2 Å². The van der Waals surface area contributed by atoms with Crippen molar-refractivity contribution >= 4 is 46.4 Å². The highest BCUT2D eigenvalue weighted by Crippen LogP contribution is 2.41. The fourth-order valence-corrected chi connectivity index (χ4v) is 9.45. The van der Waals surface area contributed by atoms with Crippen LogP contribution in [0, 0.1) is 0 Å². The van der Waals surface area contributed by atoms with Crippen molar-refractivity contribution in [3.63, 3.8) is 0 Å². The Morgan fingerprint density at radius 3 is 1.06 bits per heavy atom. The highest BCUT2D eigenvalue weighted by atomic mass is 35.5. The summed E-state index contributed by atoms with van der Waals surface area (Å²) in [6, 6.07) is 40.8. The highest BCUT2D eigenvalue weighted by molar-refractivity contribution is 6.01. The molecule has 0 aliphatic carbocycles. The third kappa shape index (κ3) is 12.9. The van der Waals surface area contributed by atoms with Gasteiger partial charge in [-0.1, -0.05) is 36.4 Å². The molecule has 16 heteroatoms. The molecule has 2 N–H and O–H groups in total. The van der Waals surface area contributed by atoms with Gasteiger partial charge in [0.15, 0.2) is 24.8 Å². The summed E-state index contributed by atoms with van der Waals surface area (Å²) in [7, 11) is 4.04. The van der Waals surface area contributed by atoms with Gasteiger partial charge in [-0.3, -0.25) is 0 Å². The van der Waals surface area contributed by atoms with E-state index >= 15 is 0 Å². The van der Waals surface area contributed by atoms with Crippen molar-refractivity contribution < 1.29 is 71.8 Å². The molecule has 14 rings (SSSR count). The quantitative estimate of drug-likeness (QED) is 0.242. The maximum Gasteiger partial charge on any atom is 0.169 e. The smallest absolute Gasteiger partial charge is 0.169 e. The highest BCUT2D eigenvalue weighted by Gasteiger charge is 2.22. The van der Waals surface area contributed by atoms with E-state index in [4.69, 9.17) is 47.9 Å². The number of hydrogen-bond donors (Lipinski definition) is 2. The number of benzene rings is 3. The van der Waals surface area contributed by atoms with Gasteiger partial charge in [0.25, 0.3) is 0 Å². The van der Waals surface area contributed by atoms with Gasteiger partial charge >= 0.3 is 0 Å². The first-order valence-electron chi connectivity index (χ1n) is 25.7. The molecule has 0 radical (unpaired) electrons. The summed E-state index contributed by atoms with van der Waals surface area (Å²) in [6.45, 7) is 4.72. The number of H-pyrrole nitrogens is 2. The fourth-order valence-electron chi connectivity index (χ4n) is 9.45. The van der Waals surface area contributed by atoms with Crippen LogP contribution in [0.15, 0.2) is 146 Å². The van der Waals surface area contributed by atoms with Crippen molar-refractivity contribution in [1.82, 2.24) is 19.9 Å². The Labute approximate surface area is 465 Å². The van der Waals surface area contributed by atoms with Gasteiger partial charge in [-0.05, 0) is 96.1 Å². The van der Waals surface area contributed by atoms with Crippen LogP contribution in [0.4, 0.5) is 0 Å². The first kappa shape index (κ1) is 55.0. The monoisotopic (exact) mass is 1090 g/mol. The van der Waals surface area contributed by atoms with Gasteiger partial charge in [-0.2, -0.15) is 0 Å². The summed E-state index contributed by atoms with van der Waals surface area (Å²) in [5.41, 5.74) is 14.0. The number of halogens is 2. The molecule has 0 unspecified atom stereocenters. The molecule has 11 heterocycles. The Morgan fingerprint density at radius 2 is 0.667 bits per heavy atom. The number of aromatic nitrogens is 6. The van der Waals surface area contributed by atoms with E-state index < -0.39 is 0 Å². The van der Waals surface area contributed by atoms with Gasteiger partial charge in [-0.15, -0.1) is 0 Å². The lowest BCUT2D eigenvalue weighted by atomic mass is 10.0. The second-order valence-corrected chi connectivity index (χ2v) is 18.3. The maximum atomic E-state index is 6.57.